The largest absolute Gasteiger partial charge is 0.496 e. The molecular weight excluding hydrogens is 436 g/mol. The van der Waals surface area contributed by atoms with Gasteiger partial charge in [-0.25, -0.2) is 0 Å². The van der Waals surface area contributed by atoms with Crippen LogP contribution < -0.4 is 4.74 Å². The zero-order chi connectivity index (χ0) is 15.0. The van der Waals surface area contributed by atoms with Gasteiger partial charge in [0.05, 0.1) is 16.3 Å². The van der Waals surface area contributed by atoms with Crippen LogP contribution in [-0.4, -0.2) is 7.11 Å². The van der Waals surface area contributed by atoms with Crippen molar-refractivity contribution in [3.63, 3.8) is 0 Å². The third-order valence-electron chi connectivity index (χ3n) is 3.32. The zero-order valence-corrected chi connectivity index (χ0v) is 15.8. The van der Waals surface area contributed by atoms with Gasteiger partial charge in [0.25, 0.3) is 0 Å². The summed E-state index contributed by atoms with van der Waals surface area (Å²) in [6, 6.07) is 14.3. The Morgan fingerprint density at radius 1 is 1.10 bits per heavy atom. The van der Waals surface area contributed by atoms with Crippen LogP contribution in [0.3, 0.4) is 0 Å². The second-order valence-corrected chi connectivity index (χ2v) is 8.23. The van der Waals surface area contributed by atoms with Crippen LogP contribution in [0.1, 0.15) is 15.8 Å². The fraction of sp³-hybridized carbons (Fsp3) is 0.125. The lowest BCUT2D eigenvalue weighted by molar-refractivity contribution is 0.419. The molecular formula is C16H11Br2ClOS. The summed E-state index contributed by atoms with van der Waals surface area (Å²) < 4.78 is 7.53. The van der Waals surface area contributed by atoms with Crippen molar-refractivity contribution in [2.24, 2.45) is 0 Å². The van der Waals surface area contributed by atoms with Crippen molar-refractivity contribution in [1.29, 1.82) is 0 Å². The SMILES string of the molecule is COc1ccc(C(Cl)c2cc(Br)c(Br)s2)c2ccccc12. The molecule has 2 aromatic carbocycles. The number of halogens is 3. The summed E-state index contributed by atoms with van der Waals surface area (Å²) in [4.78, 5) is 1.10. The van der Waals surface area contributed by atoms with Crippen LogP contribution in [0.15, 0.2) is 50.7 Å². The normalized spacial score (nSPS) is 12.6. The number of benzene rings is 2. The summed E-state index contributed by atoms with van der Waals surface area (Å²) in [6.07, 6.45) is 0. The van der Waals surface area contributed by atoms with Gasteiger partial charge in [-0.3, -0.25) is 0 Å². The third-order valence-corrected chi connectivity index (χ3v) is 7.25. The number of hydrogen-bond donors (Lipinski definition) is 0. The molecule has 21 heavy (non-hydrogen) atoms. The van der Waals surface area contributed by atoms with Crippen molar-refractivity contribution in [3.05, 3.63) is 61.2 Å². The van der Waals surface area contributed by atoms with E-state index in [2.05, 4.69) is 50.1 Å². The smallest absolute Gasteiger partial charge is 0.126 e. The van der Waals surface area contributed by atoms with Crippen LogP contribution in [0, 0.1) is 0 Å². The molecule has 1 atom stereocenters. The second kappa shape index (κ2) is 6.29. The van der Waals surface area contributed by atoms with Gasteiger partial charge in [0.1, 0.15) is 5.75 Å². The summed E-state index contributed by atoms with van der Waals surface area (Å²) in [7, 11) is 1.69. The first-order chi connectivity index (χ1) is 10.1. The molecule has 0 saturated heterocycles. The number of fused-ring (bicyclic) bond motifs is 1. The number of thiophene rings is 1. The maximum absolute atomic E-state index is 6.72. The Morgan fingerprint density at radius 2 is 1.81 bits per heavy atom. The van der Waals surface area contributed by atoms with Gasteiger partial charge >= 0.3 is 0 Å². The molecule has 1 unspecified atom stereocenters. The number of hydrogen-bond acceptors (Lipinski definition) is 2. The van der Waals surface area contributed by atoms with Crippen LogP contribution in [0.2, 0.25) is 0 Å². The highest BCUT2D eigenvalue weighted by molar-refractivity contribution is 9.13. The van der Waals surface area contributed by atoms with E-state index in [1.165, 1.54) is 0 Å². The zero-order valence-electron chi connectivity index (χ0n) is 11.1. The molecule has 3 aromatic rings. The minimum absolute atomic E-state index is 0.187. The highest BCUT2D eigenvalue weighted by atomic mass is 79.9. The summed E-state index contributed by atoms with van der Waals surface area (Å²) in [6.45, 7) is 0. The van der Waals surface area contributed by atoms with E-state index in [1.807, 2.05) is 24.3 Å². The molecule has 1 heterocycles. The van der Waals surface area contributed by atoms with E-state index < -0.39 is 0 Å². The molecule has 0 saturated carbocycles. The lowest BCUT2D eigenvalue weighted by Gasteiger charge is -2.14. The average Bonchev–Trinajstić information content (AvgIpc) is 2.85. The molecule has 0 aliphatic rings. The summed E-state index contributed by atoms with van der Waals surface area (Å²) in [5.74, 6) is 0.867. The van der Waals surface area contributed by atoms with E-state index in [4.69, 9.17) is 16.3 Å². The highest BCUT2D eigenvalue weighted by Gasteiger charge is 2.18. The summed E-state index contributed by atoms with van der Waals surface area (Å²) in [5, 5.41) is 2.02. The van der Waals surface area contributed by atoms with Crippen molar-refractivity contribution in [3.8, 4) is 5.75 Å². The molecule has 0 bridgehead atoms. The molecule has 0 radical (unpaired) electrons. The number of ether oxygens (including phenoxy) is 1. The van der Waals surface area contributed by atoms with E-state index in [-0.39, 0.29) is 5.38 Å². The van der Waals surface area contributed by atoms with E-state index in [9.17, 15) is 0 Å². The minimum Gasteiger partial charge on any atom is -0.496 e. The summed E-state index contributed by atoms with van der Waals surface area (Å²) >= 11 is 15.4. The predicted octanol–water partition coefficient (Wildman–Crippen LogP) is 6.76. The van der Waals surface area contributed by atoms with Gasteiger partial charge in [-0.2, -0.15) is 0 Å². The van der Waals surface area contributed by atoms with Gasteiger partial charge in [-0.15, -0.1) is 22.9 Å². The second-order valence-electron chi connectivity index (χ2n) is 4.54. The van der Waals surface area contributed by atoms with Crippen molar-refractivity contribution in [2.75, 3.05) is 7.11 Å². The Labute approximate surface area is 149 Å². The van der Waals surface area contributed by atoms with E-state index in [0.717, 1.165) is 35.2 Å². The molecule has 0 spiro atoms. The molecule has 108 valence electrons. The monoisotopic (exact) mass is 444 g/mol. The van der Waals surface area contributed by atoms with Gasteiger partial charge in [-0.1, -0.05) is 30.3 Å². The van der Waals surface area contributed by atoms with Crippen molar-refractivity contribution < 1.29 is 4.74 Å². The minimum atomic E-state index is -0.187. The molecule has 3 rings (SSSR count). The first kappa shape index (κ1) is 15.3. The fourth-order valence-electron chi connectivity index (χ4n) is 2.34. The van der Waals surface area contributed by atoms with Crippen LogP contribution in [0.25, 0.3) is 10.8 Å². The molecule has 0 aliphatic carbocycles. The number of alkyl halides is 1. The molecule has 5 heteroatoms. The lowest BCUT2D eigenvalue weighted by atomic mass is 10.0. The Morgan fingerprint density at radius 3 is 2.43 bits per heavy atom. The van der Waals surface area contributed by atoms with Gasteiger partial charge < -0.3 is 4.74 Å². The highest BCUT2D eigenvalue weighted by Crippen LogP contribution is 2.43. The maximum atomic E-state index is 6.72. The molecule has 1 aromatic heterocycles. The molecule has 0 amide bonds. The Kier molecular flexibility index (Phi) is 4.60. The van der Waals surface area contributed by atoms with Crippen LogP contribution in [0.5, 0.6) is 5.75 Å². The molecule has 1 nitrogen and oxygen atoms in total. The third kappa shape index (κ3) is 2.87. The Hall–Kier alpha value is -0.550. The quantitative estimate of drug-likeness (QED) is 0.404. The summed E-state index contributed by atoms with van der Waals surface area (Å²) in [5.41, 5.74) is 1.09. The van der Waals surface area contributed by atoms with Crippen molar-refractivity contribution in [2.45, 2.75) is 5.38 Å². The van der Waals surface area contributed by atoms with E-state index in [1.54, 1.807) is 18.4 Å². The van der Waals surface area contributed by atoms with Gasteiger partial charge in [-0.05, 0) is 54.9 Å². The standard InChI is InChI=1S/C16H11Br2ClOS/c1-20-13-7-6-11(9-4-2-3-5-10(9)13)15(19)14-8-12(17)16(18)21-14/h2-8,15H,1H3. The van der Waals surface area contributed by atoms with Crippen LogP contribution in [0.4, 0.5) is 0 Å². The predicted molar refractivity (Wildman–Crippen MR) is 97.9 cm³/mol. The van der Waals surface area contributed by atoms with Crippen molar-refractivity contribution >= 4 is 65.6 Å². The van der Waals surface area contributed by atoms with Gasteiger partial charge in [0, 0.05) is 14.7 Å². The first-order valence-electron chi connectivity index (χ1n) is 6.26. The molecule has 0 aliphatic heterocycles. The van der Waals surface area contributed by atoms with Crippen molar-refractivity contribution in [1.82, 2.24) is 0 Å². The average molecular weight is 447 g/mol. The lowest BCUT2D eigenvalue weighted by Crippen LogP contribution is -1.94. The Balaban J connectivity index is 2.16. The van der Waals surface area contributed by atoms with E-state index >= 15 is 0 Å². The first-order valence-corrected chi connectivity index (χ1v) is 9.10. The van der Waals surface area contributed by atoms with Crippen LogP contribution in [-0.2, 0) is 0 Å². The van der Waals surface area contributed by atoms with Gasteiger partial charge in [0.15, 0.2) is 0 Å². The fourth-order valence-corrected chi connectivity index (χ4v) is 4.81. The van der Waals surface area contributed by atoms with E-state index in [0.29, 0.717) is 0 Å². The van der Waals surface area contributed by atoms with Crippen LogP contribution >= 0.6 is 54.8 Å². The topological polar surface area (TPSA) is 9.23 Å². The molecule has 0 N–H and O–H groups in total. The number of methoxy groups -OCH3 is 1. The van der Waals surface area contributed by atoms with Gasteiger partial charge in [0.2, 0.25) is 0 Å². The maximum Gasteiger partial charge on any atom is 0.126 e. The molecule has 0 fully saturated rings. The number of rotatable bonds is 3. The Bertz CT molecular complexity index is 781.